The Morgan fingerprint density at radius 3 is 2.45 bits per heavy atom. The molecule has 122 valence electrons. The molecule has 22 heavy (non-hydrogen) atoms. The van der Waals surface area contributed by atoms with Gasteiger partial charge in [0.1, 0.15) is 0 Å². The highest BCUT2D eigenvalue weighted by molar-refractivity contribution is 5.80. The van der Waals surface area contributed by atoms with Gasteiger partial charge in [0.2, 0.25) is 0 Å². The van der Waals surface area contributed by atoms with Crippen LogP contribution in [0.3, 0.4) is 0 Å². The molecule has 0 atom stereocenters. The molecule has 4 heteroatoms. The number of hydrogen-bond acceptors (Lipinski definition) is 2. The first-order valence-electron chi connectivity index (χ1n) is 8.37. The molecule has 0 amide bonds. The third-order valence-corrected chi connectivity index (χ3v) is 4.22. The largest absolute Gasteiger partial charge is 0.354 e. The van der Waals surface area contributed by atoms with Crippen LogP contribution >= 0.6 is 0 Å². The fraction of sp³-hybridized carbons (Fsp3) is 0.611. The van der Waals surface area contributed by atoms with Crippen LogP contribution in [-0.4, -0.2) is 38.0 Å². The lowest BCUT2D eigenvalue weighted by Crippen LogP contribution is -2.43. The maximum atomic E-state index is 4.37. The molecule has 0 radical (unpaired) electrons. The maximum Gasteiger partial charge on any atom is 0.191 e. The van der Waals surface area contributed by atoms with Crippen LogP contribution in [0.15, 0.2) is 29.3 Å². The SMILES string of the molecule is CN=C(NCc1ccccc1CN(C)C)NC1CCCCC1. The average Bonchev–Trinajstić information content (AvgIpc) is 2.53. The molecule has 2 N–H and O–H groups in total. The van der Waals surface area contributed by atoms with Crippen molar-refractivity contribution >= 4 is 5.96 Å². The molecule has 1 aromatic rings. The average molecular weight is 302 g/mol. The lowest BCUT2D eigenvalue weighted by Gasteiger charge is -2.25. The van der Waals surface area contributed by atoms with Crippen molar-refractivity contribution in [2.45, 2.75) is 51.2 Å². The zero-order valence-corrected chi connectivity index (χ0v) is 14.2. The van der Waals surface area contributed by atoms with Gasteiger partial charge in [-0.2, -0.15) is 0 Å². The van der Waals surface area contributed by atoms with Crippen LogP contribution in [0.2, 0.25) is 0 Å². The predicted octanol–water partition coefficient (Wildman–Crippen LogP) is 2.75. The molecule has 0 spiro atoms. The molecule has 2 rings (SSSR count). The molecule has 1 saturated carbocycles. The summed E-state index contributed by atoms with van der Waals surface area (Å²) in [7, 11) is 6.06. The minimum absolute atomic E-state index is 0.581. The Bertz CT molecular complexity index is 476. The molecule has 0 saturated heterocycles. The van der Waals surface area contributed by atoms with Crippen molar-refractivity contribution in [2.75, 3.05) is 21.1 Å². The highest BCUT2D eigenvalue weighted by Gasteiger charge is 2.14. The maximum absolute atomic E-state index is 4.37. The number of guanidine groups is 1. The fourth-order valence-corrected chi connectivity index (χ4v) is 3.04. The summed E-state index contributed by atoms with van der Waals surface area (Å²) < 4.78 is 0. The molecular weight excluding hydrogens is 272 g/mol. The van der Waals surface area contributed by atoms with Gasteiger partial charge in [0.15, 0.2) is 5.96 Å². The van der Waals surface area contributed by atoms with Gasteiger partial charge in [-0.05, 0) is 38.1 Å². The second-order valence-corrected chi connectivity index (χ2v) is 6.41. The summed E-state index contributed by atoms with van der Waals surface area (Å²) in [5, 5.41) is 7.03. The summed E-state index contributed by atoms with van der Waals surface area (Å²) in [4.78, 5) is 6.57. The van der Waals surface area contributed by atoms with Crippen molar-refractivity contribution in [1.29, 1.82) is 0 Å². The van der Waals surface area contributed by atoms with Crippen LogP contribution in [0, 0.1) is 0 Å². The van der Waals surface area contributed by atoms with E-state index in [0.29, 0.717) is 6.04 Å². The quantitative estimate of drug-likeness (QED) is 0.649. The van der Waals surface area contributed by atoms with Crippen molar-refractivity contribution in [3.63, 3.8) is 0 Å². The van der Waals surface area contributed by atoms with Gasteiger partial charge in [0.25, 0.3) is 0 Å². The van der Waals surface area contributed by atoms with Crippen molar-refractivity contribution in [3.05, 3.63) is 35.4 Å². The van der Waals surface area contributed by atoms with Gasteiger partial charge in [0.05, 0.1) is 0 Å². The summed E-state index contributed by atoms with van der Waals surface area (Å²) in [5.41, 5.74) is 2.70. The number of aliphatic imine (C=N–C) groups is 1. The lowest BCUT2D eigenvalue weighted by atomic mass is 9.96. The highest BCUT2D eigenvalue weighted by Crippen LogP contribution is 2.17. The Balaban J connectivity index is 1.90. The molecule has 1 fully saturated rings. The summed E-state index contributed by atoms with van der Waals surface area (Å²) in [6.45, 7) is 1.78. The van der Waals surface area contributed by atoms with Crippen LogP contribution in [0.5, 0.6) is 0 Å². The summed E-state index contributed by atoms with van der Waals surface area (Å²) in [5.74, 6) is 0.923. The monoisotopic (exact) mass is 302 g/mol. The minimum Gasteiger partial charge on any atom is -0.354 e. The second-order valence-electron chi connectivity index (χ2n) is 6.41. The molecule has 1 aliphatic rings. The van der Waals surface area contributed by atoms with E-state index in [1.54, 1.807) is 0 Å². The van der Waals surface area contributed by atoms with E-state index in [-0.39, 0.29) is 0 Å². The molecule has 0 heterocycles. The van der Waals surface area contributed by atoms with E-state index < -0.39 is 0 Å². The molecule has 4 nitrogen and oxygen atoms in total. The predicted molar refractivity (Wildman–Crippen MR) is 94.0 cm³/mol. The lowest BCUT2D eigenvalue weighted by molar-refractivity contribution is 0.400. The van der Waals surface area contributed by atoms with Crippen molar-refractivity contribution < 1.29 is 0 Å². The van der Waals surface area contributed by atoms with Gasteiger partial charge >= 0.3 is 0 Å². The third-order valence-electron chi connectivity index (χ3n) is 4.22. The summed E-state index contributed by atoms with van der Waals surface area (Å²) in [6, 6.07) is 9.19. The molecule has 0 aliphatic heterocycles. The smallest absolute Gasteiger partial charge is 0.191 e. The van der Waals surface area contributed by atoms with Crippen LogP contribution in [0.25, 0.3) is 0 Å². The van der Waals surface area contributed by atoms with Crippen molar-refractivity contribution in [3.8, 4) is 0 Å². The Kier molecular flexibility index (Phi) is 6.72. The first-order valence-corrected chi connectivity index (χ1v) is 8.37. The zero-order valence-electron chi connectivity index (χ0n) is 14.2. The van der Waals surface area contributed by atoms with E-state index in [1.807, 2.05) is 7.05 Å². The van der Waals surface area contributed by atoms with Crippen LogP contribution in [0.1, 0.15) is 43.2 Å². The van der Waals surface area contributed by atoms with Gasteiger partial charge in [0, 0.05) is 26.2 Å². The highest BCUT2D eigenvalue weighted by atomic mass is 15.2. The topological polar surface area (TPSA) is 39.7 Å². The molecular formula is C18H30N4. The van der Waals surface area contributed by atoms with E-state index in [2.05, 4.69) is 58.9 Å². The number of rotatable bonds is 5. The van der Waals surface area contributed by atoms with E-state index in [1.165, 1.54) is 43.2 Å². The van der Waals surface area contributed by atoms with E-state index >= 15 is 0 Å². The van der Waals surface area contributed by atoms with E-state index in [4.69, 9.17) is 0 Å². The van der Waals surface area contributed by atoms with Gasteiger partial charge in [-0.1, -0.05) is 43.5 Å². The Morgan fingerprint density at radius 1 is 1.14 bits per heavy atom. The Labute approximate surface area is 135 Å². The molecule has 0 unspecified atom stereocenters. The normalized spacial score (nSPS) is 16.8. The molecule has 1 aliphatic carbocycles. The first kappa shape index (κ1) is 16.8. The van der Waals surface area contributed by atoms with E-state index in [9.17, 15) is 0 Å². The van der Waals surface area contributed by atoms with Crippen molar-refractivity contribution in [2.24, 2.45) is 4.99 Å². The van der Waals surface area contributed by atoms with E-state index in [0.717, 1.165) is 19.0 Å². The number of hydrogen-bond donors (Lipinski definition) is 2. The van der Waals surface area contributed by atoms with Crippen LogP contribution < -0.4 is 10.6 Å². The molecule has 0 bridgehead atoms. The number of benzene rings is 1. The Hall–Kier alpha value is -1.55. The molecule has 1 aromatic carbocycles. The van der Waals surface area contributed by atoms with Gasteiger partial charge < -0.3 is 15.5 Å². The van der Waals surface area contributed by atoms with Gasteiger partial charge in [-0.25, -0.2) is 0 Å². The van der Waals surface area contributed by atoms with Gasteiger partial charge in [-0.15, -0.1) is 0 Å². The summed E-state index contributed by atoms with van der Waals surface area (Å²) in [6.07, 6.45) is 6.57. The first-order chi connectivity index (χ1) is 10.7. The minimum atomic E-state index is 0.581. The number of nitrogens with zero attached hydrogens (tertiary/aromatic N) is 2. The Morgan fingerprint density at radius 2 is 1.82 bits per heavy atom. The zero-order chi connectivity index (χ0) is 15.8. The third kappa shape index (κ3) is 5.34. The second kappa shape index (κ2) is 8.79. The van der Waals surface area contributed by atoms with Crippen molar-refractivity contribution in [1.82, 2.24) is 15.5 Å². The number of nitrogens with one attached hydrogen (secondary N) is 2. The fourth-order valence-electron chi connectivity index (χ4n) is 3.04. The van der Waals surface area contributed by atoms with Gasteiger partial charge in [-0.3, -0.25) is 4.99 Å². The van der Waals surface area contributed by atoms with Crippen LogP contribution in [-0.2, 0) is 13.1 Å². The van der Waals surface area contributed by atoms with Crippen LogP contribution in [0.4, 0.5) is 0 Å². The summed E-state index contributed by atoms with van der Waals surface area (Å²) >= 11 is 0. The standard InChI is InChI=1S/C18H30N4/c1-19-18(21-17-11-5-4-6-12-17)20-13-15-9-7-8-10-16(15)14-22(2)3/h7-10,17H,4-6,11-14H2,1-3H3,(H2,19,20,21). The molecule has 0 aromatic heterocycles.